The minimum atomic E-state index is -4.99. The van der Waals surface area contributed by atoms with Crippen LogP contribution >= 0.6 is 0 Å². The molecule has 10 nitrogen and oxygen atoms in total. The zero-order chi connectivity index (χ0) is 28.3. The number of aromatic nitrogens is 3. The van der Waals surface area contributed by atoms with E-state index < -0.39 is 23.9 Å². The highest BCUT2D eigenvalue weighted by atomic mass is 19.4. The quantitative estimate of drug-likeness (QED) is 0.420. The smallest absolute Gasteiger partial charge is 0.405 e. The lowest BCUT2D eigenvalue weighted by Crippen LogP contribution is -2.40. The van der Waals surface area contributed by atoms with Gasteiger partial charge in [-0.3, -0.25) is 9.59 Å². The molecule has 13 heteroatoms. The highest BCUT2D eigenvalue weighted by molar-refractivity contribution is 6.05. The van der Waals surface area contributed by atoms with Gasteiger partial charge in [-0.25, -0.2) is 9.50 Å². The molecule has 3 aliphatic rings. The molecule has 3 heterocycles. The number of carbonyl (C=O) groups excluding carboxylic acids is 2. The number of nitrogens with two attached hydrogens (primary N) is 2. The lowest BCUT2D eigenvalue weighted by Gasteiger charge is -2.26. The van der Waals surface area contributed by atoms with Crippen molar-refractivity contribution in [3.05, 3.63) is 41.1 Å². The summed E-state index contributed by atoms with van der Waals surface area (Å²) in [6.45, 7) is 2.09. The molecule has 6 rings (SSSR count). The number of rotatable bonds is 6. The van der Waals surface area contributed by atoms with Crippen LogP contribution in [0.1, 0.15) is 71.7 Å². The molecule has 2 aliphatic carbocycles. The molecule has 1 unspecified atom stereocenters. The summed E-state index contributed by atoms with van der Waals surface area (Å²) in [5.41, 5.74) is 13.2. The lowest BCUT2D eigenvalue weighted by molar-refractivity contribution is -0.274. The molecular formula is C27H30F3N7O3. The van der Waals surface area contributed by atoms with Crippen LogP contribution in [0, 0.1) is 5.92 Å². The van der Waals surface area contributed by atoms with Gasteiger partial charge in [0, 0.05) is 36.4 Å². The molecule has 0 bridgehead atoms. The summed E-state index contributed by atoms with van der Waals surface area (Å²) in [7, 11) is 0. The number of nitrogen functional groups attached to an aromatic ring is 1. The predicted molar refractivity (Wildman–Crippen MR) is 139 cm³/mol. The van der Waals surface area contributed by atoms with E-state index in [4.69, 9.17) is 11.5 Å². The van der Waals surface area contributed by atoms with Crippen molar-refractivity contribution in [2.45, 2.75) is 76.5 Å². The third kappa shape index (κ3) is 4.93. The van der Waals surface area contributed by atoms with Gasteiger partial charge < -0.3 is 26.4 Å². The lowest BCUT2D eigenvalue weighted by atomic mass is 9.91. The van der Waals surface area contributed by atoms with Crippen LogP contribution in [0.25, 0.3) is 16.9 Å². The minimum absolute atomic E-state index is 0.0139. The van der Waals surface area contributed by atoms with Gasteiger partial charge in [0.05, 0.1) is 11.3 Å². The molecule has 1 atom stereocenters. The Morgan fingerprint density at radius 1 is 1.18 bits per heavy atom. The van der Waals surface area contributed by atoms with Gasteiger partial charge in [-0.2, -0.15) is 0 Å². The van der Waals surface area contributed by atoms with Crippen molar-refractivity contribution in [3.63, 3.8) is 0 Å². The number of anilines is 1. The number of hydrogen-bond acceptors (Lipinski definition) is 7. The summed E-state index contributed by atoms with van der Waals surface area (Å²) < 4.78 is 45.9. The molecule has 5 N–H and O–H groups in total. The SMILES string of the molecule is CC(C1CC1)N1Cc2cc(-c3ccn4nc(N)c(C(=O)NC5CCC(N)CC5)c4n3)cc(OC(F)(F)F)c2C1=O. The Hall–Kier alpha value is -3.87. The maximum absolute atomic E-state index is 13.4. The number of carbonyl (C=O) groups is 2. The zero-order valence-electron chi connectivity index (χ0n) is 21.9. The highest BCUT2D eigenvalue weighted by Gasteiger charge is 2.42. The van der Waals surface area contributed by atoms with Crippen molar-refractivity contribution >= 4 is 23.3 Å². The molecule has 40 heavy (non-hydrogen) atoms. The molecule has 2 fully saturated rings. The van der Waals surface area contributed by atoms with E-state index in [-0.39, 0.29) is 53.0 Å². The number of amides is 2. The fraction of sp³-hybridized carbons (Fsp3) is 0.481. The largest absolute Gasteiger partial charge is 0.573 e. The van der Waals surface area contributed by atoms with E-state index in [1.165, 1.54) is 16.8 Å². The topological polar surface area (TPSA) is 141 Å². The third-order valence-corrected chi connectivity index (χ3v) is 8.16. The van der Waals surface area contributed by atoms with Crippen LogP contribution in [0.3, 0.4) is 0 Å². The van der Waals surface area contributed by atoms with Crippen molar-refractivity contribution < 1.29 is 27.5 Å². The van der Waals surface area contributed by atoms with E-state index in [0.29, 0.717) is 17.0 Å². The molecule has 2 saturated carbocycles. The van der Waals surface area contributed by atoms with Crippen LogP contribution in [0.4, 0.5) is 19.0 Å². The average Bonchev–Trinajstić information content (AvgIpc) is 3.61. The third-order valence-electron chi connectivity index (χ3n) is 8.16. The predicted octanol–water partition coefficient (Wildman–Crippen LogP) is 3.63. The first-order valence-electron chi connectivity index (χ1n) is 13.4. The Morgan fingerprint density at radius 3 is 2.58 bits per heavy atom. The van der Waals surface area contributed by atoms with Gasteiger partial charge in [-0.15, -0.1) is 18.3 Å². The van der Waals surface area contributed by atoms with Crippen molar-refractivity contribution in [2.75, 3.05) is 5.73 Å². The average molecular weight is 558 g/mol. The second-order valence-electron chi connectivity index (χ2n) is 11.0. The van der Waals surface area contributed by atoms with Gasteiger partial charge in [0.15, 0.2) is 11.5 Å². The number of ether oxygens (including phenoxy) is 1. The Bertz CT molecular complexity index is 1490. The van der Waals surface area contributed by atoms with Crippen LogP contribution in [0.15, 0.2) is 24.4 Å². The van der Waals surface area contributed by atoms with E-state index in [1.807, 2.05) is 6.92 Å². The van der Waals surface area contributed by atoms with Crippen LogP contribution in [0.2, 0.25) is 0 Å². The van der Waals surface area contributed by atoms with Crippen molar-refractivity contribution in [3.8, 4) is 17.0 Å². The molecule has 2 aromatic heterocycles. The fourth-order valence-electron chi connectivity index (χ4n) is 5.80. The van der Waals surface area contributed by atoms with Crippen LogP contribution in [0.5, 0.6) is 5.75 Å². The summed E-state index contributed by atoms with van der Waals surface area (Å²) in [5.74, 6) is -1.15. The minimum Gasteiger partial charge on any atom is -0.405 e. The van der Waals surface area contributed by atoms with Crippen LogP contribution in [-0.4, -0.2) is 55.8 Å². The van der Waals surface area contributed by atoms with Gasteiger partial charge in [0.1, 0.15) is 11.3 Å². The Labute approximate surface area is 227 Å². The standard InChI is InChI=1S/C27H30F3N7O3/c1-13(14-2-3-14)36-12-16-10-15(11-20(21(16)26(36)39)40-27(28,29)30)19-8-9-37-24(34-19)22(23(32)35-37)25(38)33-18-6-4-17(31)5-7-18/h8-11,13-14,17-18H,2-7,12,31H2,1H3,(H2,32,35)(H,33,38). The Balaban J connectivity index is 1.36. The van der Waals surface area contributed by atoms with Gasteiger partial charge >= 0.3 is 6.36 Å². The Morgan fingerprint density at radius 2 is 1.90 bits per heavy atom. The normalized spacial score (nSPS) is 21.9. The zero-order valence-corrected chi connectivity index (χ0v) is 21.9. The first-order chi connectivity index (χ1) is 19.0. The van der Waals surface area contributed by atoms with E-state index in [9.17, 15) is 22.8 Å². The van der Waals surface area contributed by atoms with Crippen molar-refractivity contribution in [1.82, 2.24) is 24.8 Å². The van der Waals surface area contributed by atoms with Crippen molar-refractivity contribution in [2.24, 2.45) is 11.7 Å². The number of nitrogens with one attached hydrogen (secondary N) is 1. The summed E-state index contributed by atoms with van der Waals surface area (Å²) in [5, 5.41) is 7.17. The number of benzene rings is 1. The maximum Gasteiger partial charge on any atom is 0.573 e. The molecule has 0 radical (unpaired) electrons. The molecule has 3 aromatic rings. The Kier molecular flexibility index (Phi) is 6.36. The van der Waals surface area contributed by atoms with Gasteiger partial charge in [-0.05, 0) is 75.1 Å². The second kappa shape index (κ2) is 9.65. The van der Waals surface area contributed by atoms with E-state index in [0.717, 1.165) is 38.5 Å². The molecule has 1 aliphatic heterocycles. The number of fused-ring (bicyclic) bond motifs is 2. The molecule has 0 saturated heterocycles. The molecule has 2 amide bonds. The molecule has 1 aromatic carbocycles. The van der Waals surface area contributed by atoms with Gasteiger partial charge in [-0.1, -0.05) is 0 Å². The number of nitrogens with zero attached hydrogens (tertiary/aromatic N) is 4. The first kappa shape index (κ1) is 26.4. The second-order valence-corrected chi connectivity index (χ2v) is 11.0. The monoisotopic (exact) mass is 557 g/mol. The van der Waals surface area contributed by atoms with Gasteiger partial charge in [0.2, 0.25) is 0 Å². The van der Waals surface area contributed by atoms with E-state index in [2.05, 4.69) is 20.1 Å². The summed E-state index contributed by atoms with van der Waals surface area (Å²) in [6.07, 6.45) is 1.62. The van der Waals surface area contributed by atoms with Crippen molar-refractivity contribution in [1.29, 1.82) is 0 Å². The molecular weight excluding hydrogens is 527 g/mol. The van der Waals surface area contributed by atoms with E-state index >= 15 is 0 Å². The highest BCUT2D eigenvalue weighted by Crippen LogP contribution is 2.42. The van der Waals surface area contributed by atoms with E-state index in [1.54, 1.807) is 17.0 Å². The fourth-order valence-corrected chi connectivity index (χ4v) is 5.80. The molecule has 212 valence electrons. The first-order valence-corrected chi connectivity index (χ1v) is 13.4. The summed E-state index contributed by atoms with van der Waals surface area (Å²) in [4.78, 5) is 32.6. The number of halogens is 3. The van der Waals surface area contributed by atoms with Gasteiger partial charge in [0.25, 0.3) is 11.8 Å². The van der Waals surface area contributed by atoms with Crippen LogP contribution < -0.4 is 21.5 Å². The summed E-state index contributed by atoms with van der Waals surface area (Å²) in [6, 6.07) is 4.36. The number of alkyl halides is 3. The number of hydrogen-bond donors (Lipinski definition) is 3. The molecule has 0 spiro atoms. The maximum atomic E-state index is 13.4. The summed E-state index contributed by atoms with van der Waals surface area (Å²) >= 11 is 0. The van der Waals surface area contributed by atoms with Crippen LogP contribution in [-0.2, 0) is 6.54 Å².